The second-order valence-corrected chi connectivity index (χ2v) is 6.99. The molecule has 2 aromatic heterocycles. The summed E-state index contributed by atoms with van der Waals surface area (Å²) in [7, 11) is 1.37. The fourth-order valence-corrected chi connectivity index (χ4v) is 3.49. The highest BCUT2D eigenvalue weighted by molar-refractivity contribution is 5.96. The molecule has 1 fully saturated rings. The molecule has 8 heteroatoms. The Kier molecular flexibility index (Phi) is 6.36. The lowest BCUT2D eigenvalue weighted by atomic mass is 10.1. The van der Waals surface area contributed by atoms with Crippen LogP contribution in [0.3, 0.4) is 0 Å². The summed E-state index contributed by atoms with van der Waals surface area (Å²) in [5.41, 5.74) is 3.00. The molecule has 1 saturated heterocycles. The van der Waals surface area contributed by atoms with Gasteiger partial charge in [-0.15, -0.1) is 0 Å². The average Bonchev–Trinajstić information content (AvgIpc) is 3.21. The first-order valence-electron chi connectivity index (χ1n) is 9.97. The lowest BCUT2D eigenvalue weighted by Gasteiger charge is -2.26. The zero-order valence-corrected chi connectivity index (χ0v) is 17.0. The van der Waals surface area contributed by atoms with Gasteiger partial charge in [0.25, 0.3) is 0 Å². The zero-order valence-electron chi connectivity index (χ0n) is 17.0. The summed E-state index contributed by atoms with van der Waals surface area (Å²) < 4.78 is 12.3. The molecule has 0 bridgehead atoms. The Morgan fingerprint density at radius 2 is 1.93 bits per heavy atom. The number of hydrogen-bond donors (Lipinski definition) is 1. The molecule has 3 heterocycles. The van der Waals surface area contributed by atoms with Crippen molar-refractivity contribution in [1.29, 1.82) is 0 Å². The van der Waals surface area contributed by atoms with Crippen molar-refractivity contribution in [2.45, 2.75) is 6.54 Å². The van der Waals surface area contributed by atoms with Gasteiger partial charge in [-0.2, -0.15) is 5.10 Å². The minimum absolute atomic E-state index is 0.416. The number of anilines is 2. The number of esters is 1. The zero-order chi connectivity index (χ0) is 20.8. The van der Waals surface area contributed by atoms with E-state index in [1.165, 1.54) is 7.11 Å². The van der Waals surface area contributed by atoms with E-state index in [1.54, 1.807) is 18.5 Å². The molecule has 30 heavy (non-hydrogen) atoms. The SMILES string of the molecule is COC(=O)c1ccncc1Nc1c(-c2ccccc2)cnn1CCN1CCOCC1. The van der Waals surface area contributed by atoms with Crippen molar-refractivity contribution in [1.82, 2.24) is 19.7 Å². The second-order valence-electron chi connectivity index (χ2n) is 6.99. The summed E-state index contributed by atoms with van der Waals surface area (Å²) in [6.45, 7) is 4.94. The Morgan fingerprint density at radius 1 is 1.13 bits per heavy atom. The molecule has 1 N–H and O–H groups in total. The molecule has 1 aromatic carbocycles. The van der Waals surface area contributed by atoms with E-state index in [9.17, 15) is 4.79 Å². The van der Waals surface area contributed by atoms with Crippen molar-refractivity contribution < 1.29 is 14.3 Å². The topological polar surface area (TPSA) is 81.5 Å². The van der Waals surface area contributed by atoms with Crippen LogP contribution in [0.5, 0.6) is 0 Å². The maximum atomic E-state index is 12.2. The van der Waals surface area contributed by atoms with E-state index < -0.39 is 5.97 Å². The molecule has 1 aliphatic rings. The van der Waals surface area contributed by atoms with Crippen LogP contribution in [-0.2, 0) is 16.0 Å². The molecular formula is C22H25N5O3. The van der Waals surface area contributed by atoms with Gasteiger partial charge in [0.1, 0.15) is 5.82 Å². The largest absolute Gasteiger partial charge is 0.465 e. The van der Waals surface area contributed by atoms with Crippen LogP contribution < -0.4 is 5.32 Å². The van der Waals surface area contributed by atoms with Gasteiger partial charge < -0.3 is 14.8 Å². The number of morpholine rings is 1. The number of rotatable bonds is 7. The first kappa shape index (κ1) is 20.1. The highest BCUT2D eigenvalue weighted by Crippen LogP contribution is 2.31. The summed E-state index contributed by atoms with van der Waals surface area (Å²) >= 11 is 0. The van der Waals surface area contributed by atoms with Gasteiger partial charge in [-0.05, 0) is 11.6 Å². The van der Waals surface area contributed by atoms with Crippen LogP contribution >= 0.6 is 0 Å². The second kappa shape index (κ2) is 9.51. The molecule has 8 nitrogen and oxygen atoms in total. The van der Waals surface area contributed by atoms with E-state index in [0.29, 0.717) is 17.8 Å². The van der Waals surface area contributed by atoms with E-state index in [2.05, 4.69) is 20.3 Å². The number of carbonyl (C=O) groups excluding carboxylic acids is 1. The lowest BCUT2D eigenvalue weighted by Crippen LogP contribution is -2.38. The normalized spacial score (nSPS) is 14.4. The summed E-state index contributed by atoms with van der Waals surface area (Å²) in [6, 6.07) is 11.7. The third-order valence-electron chi connectivity index (χ3n) is 5.14. The standard InChI is InChI=1S/C22H25N5O3/c1-29-22(28)18-7-8-23-16-20(18)25-21-19(17-5-3-2-4-6-17)15-24-27(21)10-9-26-11-13-30-14-12-26/h2-8,15-16,25H,9-14H2,1H3. The van der Waals surface area contributed by atoms with E-state index in [0.717, 1.165) is 49.8 Å². The van der Waals surface area contributed by atoms with Crippen molar-refractivity contribution in [2.75, 3.05) is 45.3 Å². The third kappa shape index (κ3) is 4.50. The van der Waals surface area contributed by atoms with Gasteiger partial charge in [-0.3, -0.25) is 9.88 Å². The van der Waals surface area contributed by atoms with Crippen LogP contribution in [0, 0.1) is 0 Å². The Balaban J connectivity index is 1.65. The fourth-order valence-electron chi connectivity index (χ4n) is 3.49. The quantitative estimate of drug-likeness (QED) is 0.603. The Labute approximate surface area is 175 Å². The molecule has 4 rings (SSSR count). The van der Waals surface area contributed by atoms with Gasteiger partial charge in [-0.25, -0.2) is 9.48 Å². The fraction of sp³-hybridized carbons (Fsp3) is 0.318. The summed E-state index contributed by atoms with van der Waals surface area (Å²) in [5.74, 6) is 0.396. The molecule has 156 valence electrons. The minimum Gasteiger partial charge on any atom is -0.465 e. The number of nitrogens with zero attached hydrogens (tertiary/aromatic N) is 4. The molecule has 0 aliphatic carbocycles. The van der Waals surface area contributed by atoms with Gasteiger partial charge in [0.2, 0.25) is 0 Å². The van der Waals surface area contributed by atoms with Crippen molar-refractivity contribution >= 4 is 17.5 Å². The summed E-state index contributed by atoms with van der Waals surface area (Å²) in [4.78, 5) is 18.7. The first-order chi connectivity index (χ1) is 14.8. The number of aromatic nitrogens is 3. The number of nitrogens with one attached hydrogen (secondary N) is 1. The maximum absolute atomic E-state index is 12.2. The van der Waals surface area contributed by atoms with Gasteiger partial charge in [0.15, 0.2) is 0 Å². The number of hydrogen-bond acceptors (Lipinski definition) is 7. The van der Waals surface area contributed by atoms with Crippen molar-refractivity contribution in [3.05, 3.63) is 60.6 Å². The Morgan fingerprint density at radius 3 is 2.70 bits per heavy atom. The van der Waals surface area contributed by atoms with Crippen LogP contribution in [0.1, 0.15) is 10.4 Å². The molecule has 3 aromatic rings. The van der Waals surface area contributed by atoms with Crippen molar-refractivity contribution in [2.24, 2.45) is 0 Å². The molecule has 0 unspecified atom stereocenters. The molecule has 0 amide bonds. The smallest absolute Gasteiger partial charge is 0.340 e. The number of ether oxygens (including phenoxy) is 2. The van der Waals surface area contributed by atoms with Crippen molar-refractivity contribution in [3.8, 4) is 11.1 Å². The molecule has 0 atom stereocenters. The molecular weight excluding hydrogens is 382 g/mol. The summed E-state index contributed by atoms with van der Waals surface area (Å²) in [6.07, 6.45) is 5.05. The average molecular weight is 407 g/mol. The predicted molar refractivity (Wildman–Crippen MR) is 114 cm³/mol. The first-order valence-corrected chi connectivity index (χ1v) is 9.97. The lowest BCUT2D eigenvalue weighted by molar-refractivity contribution is 0.0360. The van der Waals surface area contributed by atoms with Crippen LogP contribution in [0.15, 0.2) is 55.0 Å². The van der Waals surface area contributed by atoms with Gasteiger partial charge in [0.05, 0.1) is 50.5 Å². The molecule has 0 saturated carbocycles. The van der Waals surface area contributed by atoms with Crippen LogP contribution in [0.4, 0.5) is 11.5 Å². The Hall–Kier alpha value is -3.23. The highest BCUT2D eigenvalue weighted by Gasteiger charge is 2.18. The predicted octanol–water partition coefficient (Wildman–Crippen LogP) is 2.81. The van der Waals surface area contributed by atoms with Crippen LogP contribution in [-0.4, -0.2) is 65.6 Å². The number of carbonyl (C=O) groups is 1. The summed E-state index contributed by atoms with van der Waals surface area (Å²) in [5, 5.41) is 8.01. The van der Waals surface area contributed by atoms with Gasteiger partial charge >= 0.3 is 5.97 Å². The third-order valence-corrected chi connectivity index (χ3v) is 5.14. The van der Waals surface area contributed by atoms with Gasteiger partial charge in [0, 0.05) is 31.4 Å². The van der Waals surface area contributed by atoms with E-state index >= 15 is 0 Å². The van der Waals surface area contributed by atoms with E-state index in [4.69, 9.17) is 9.47 Å². The van der Waals surface area contributed by atoms with E-state index in [1.807, 2.05) is 41.2 Å². The maximum Gasteiger partial charge on any atom is 0.340 e. The molecule has 0 spiro atoms. The van der Waals surface area contributed by atoms with Gasteiger partial charge in [-0.1, -0.05) is 30.3 Å². The Bertz CT molecular complexity index is 983. The number of methoxy groups -OCH3 is 1. The van der Waals surface area contributed by atoms with Crippen LogP contribution in [0.2, 0.25) is 0 Å². The monoisotopic (exact) mass is 407 g/mol. The molecule has 1 aliphatic heterocycles. The molecule has 0 radical (unpaired) electrons. The van der Waals surface area contributed by atoms with E-state index in [-0.39, 0.29) is 0 Å². The van der Waals surface area contributed by atoms with Crippen molar-refractivity contribution in [3.63, 3.8) is 0 Å². The number of pyridine rings is 1. The van der Waals surface area contributed by atoms with Crippen LogP contribution in [0.25, 0.3) is 11.1 Å². The highest BCUT2D eigenvalue weighted by atomic mass is 16.5. The number of benzene rings is 1. The minimum atomic E-state index is -0.416.